The Balaban J connectivity index is 2.06. The fraction of sp³-hybridized carbons (Fsp3) is 0.167. The molecule has 0 saturated carbocycles. The van der Waals surface area contributed by atoms with Crippen LogP contribution in [0.4, 0.5) is 11.6 Å². The molecule has 0 radical (unpaired) electrons. The van der Waals surface area contributed by atoms with Gasteiger partial charge in [0.25, 0.3) is 0 Å². The molecule has 0 unspecified atom stereocenters. The molecule has 0 aliphatic carbocycles. The van der Waals surface area contributed by atoms with E-state index >= 15 is 0 Å². The maximum Gasteiger partial charge on any atom is 0.234 e. The van der Waals surface area contributed by atoms with Gasteiger partial charge < -0.3 is 11.1 Å². The van der Waals surface area contributed by atoms with Gasteiger partial charge in [-0.05, 0) is 25.1 Å². The van der Waals surface area contributed by atoms with Gasteiger partial charge in [-0.25, -0.2) is 4.98 Å². The van der Waals surface area contributed by atoms with Gasteiger partial charge in [-0.15, -0.1) is 11.8 Å². The minimum absolute atomic E-state index is 0.000918. The molecule has 0 bridgehead atoms. The highest BCUT2D eigenvalue weighted by Crippen LogP contribution is 2.34. The van der Waals surface area contributed by atoms with Gasteiger partial charge in [-0.2, -0.15) is 9.97 Å². The Morgan fingerprint density at radius 2 is 2.16 bits per heavy atom. The standard InChI is InChI=1S/C12H11N5OS/c1-6-14-11(17-12(13)15-6)7-2-3-9-8(4-7)16-10(18)5-19-9/h2-4H,5H2,1H3,(H,16,18)(H2,13,14,15,17). The van der Waals surface area contributed by atoms with Crippen molar-refractivity contribution < 1.29 is 4.79 Å². The van der Waals surface area contributed by atoms with Crippen LogP contribution in [0.2, 0.25) is 0 Å². The van der Waals surface area contributed by atoms with Gasteiger partial charge in [0.2, 0.25) is 11.9 Å². The fourth-order valence-electron chi connectivity index (χ4n) is 1.85. The van der Waals surface area contributed by atoms with Crippen molar-refractivity contribution in [2.75, 3.05) is 16.8 Å². The molecular weight excluding hydrogens is 262 g/mol. The number of rotatable bonds is 1. The Labute approximate surface area is 113 Å². The van der Waals surface area contributed by atoms with Crippen LogP contribution in [0.3, 0.4) is 0 Å². The molecular formula is C12H11N5OS. The Morgan fingerprint density at radius 1 is 1.32 bits per heavy atom. The van der Waals surface area contributed by atoms with Crippen molar-refractivity contribution in [3.8, 4) is 11.4 Å². The van der Waals surface area contributed by atoms with E-state index in [1.54, 1.807) is 6.92 Å². The first-order valence-corrected chi connectivity index (χ1v) is 6.65. The van der Waals surface area contributed by atoms with E-state index in [2.05, 4.69) is 20.3 Å². The second-order valence-corrected chi connectivity index (χ2v) is 5.13. The summed E-state index contributed by atoms with van der Waals surface area (Å²) in [5, 5.41) is 2.84. The van der Waals surface area contributed by atoms with E-state index in [0.29, 0.717) is 17.4 Å². The van der Waals surface area contributed by atoms with Crippen LogP contribution in [-0.4, -0.2) is 26.6 Å². The molecule has 7 heteroatoms. The summed E-state index contributed by atoms with van der Waals surface area (Å²) in [7, 11) is 0. The third-order valence-electron chi connectivity index (χ3n) is 2.64. The van der Waals surface area contributed by atoms with Gasteiger partial charge in [0.1, 0.15) is 5.82 Å². The van der Waals surface area contributed by atoms with E-state index in [1.165, 1.54) is 11.8 Å². The molecule has 2 aromatic rings. The molecule has 3 rings (SSSR count). The fourth-order valence-corrected chi connectivity index (χ4v) is 2.64. The number of hydrogen-bond acceptors (Lipinski definition) is 6. The third kappa shape index (κ3) is 2.37. The average molecular weight is 273 g/mol. The van der Waals surface area contributed by atoms with E-state index in [4.69, 9.17) is 5.73 Å². The molecule has 0 atom stereocenters. The quantitative estimate of drug-likeness (QED) is 0.817. The van der Waals surface area contributed by atoms with Gasteiger partial charge in [-0.3, -0.25) is 4.79 Å². The van der Waals surface area contributed by atoms with Gasteiger partial charge in [0.05, 0.1) is 11.4 Å². The summed E-state index contributed by atoms with van der Waals surface area (Å²) < 4.78 is 0. The second kappa shape index (κ2) is 4.51. The summed E-state index contributed by atoms with van der Waals surface area (Å²) in [6, 6.07) is 5.72. The average Bonchev–Trinajstić information content (AvgIpc) is 2.36. The van der Waals surface area contributed by atoms with Crippen molar-refractivity contribution in [1.29, 1.82) is 0 Å². The maximum absolute atomic E-state index is 11.4. The molecule has 1 aliphatic heterocycles. The normalized spacial score (nSPS) is 13.8. The number of thioether (sulfide) groups is 1. The van der Waals surface area contributed by atoms with Crippen LogP contribution < -0.4 is 11.1 Å². The molecule has 6 nitrogen and oxygen atoms in total. The lowest BCUT2D eigenvalue weighted by Crippen LogP contribution is -2.18. The number of carbonyl (C=O) groups is 1. The number of anilines is 2. The zero-order valence-corrected chi connectivity index (χ0v) is 11.0. The second-order valence-electron chi connectivity index (χ2n) is 4.11. The molecule has 19 heavy (non-hydrogen) atoms. The topological polar surface area (TPSA) is 93.8 Å². The lowest BCUT2D eigenvalue weighted by molar-refractivity contribution is -0.113. The van der Waals surface area contributed by atoms with Crippen molar-refractivity contribution in [3.05, 3.63) is 24.0 Å². The number of amides is 1. The zero-order chi connectivity index (χ0) is 13.4. The largest absolute Gasteiger partial charge is 0.368 e. The molecule has 0 fully saturated rings. The van der Waals surface area contributed by atoms with Gasteiger partial charge in [0.15, 0.2) is 5.82 Å². The van der Waals surface area contributed by atoms with Crippen LogP contribution in [0.15, 0.2) is 23.1 Å². The smallest absolute Gasteiger partial charge is 0.234 e. The molecule has 1 aromatic carbocycles. The lowest BCUT2D eigenvalue weighted by atomic mass is 10.2. The summed E-state index contributed by atoms with van der Waals surface area (Å²) in [5.41, 5.74) is 7.21. The van der Waals surface area contributed by atoms with Crippen molar-refractivity contribution in [3.63, 3.8) is 0 Å². The molecule has 1 aromatic heterocycles. The summed E-state index contributed by atoms with van der Waals surface area (Å²) in [6.07, 6.45) is 0. The third-order valence-corrected chi connectivity index (χ3v) is 3.71. The number of nitrogen functional groups attached to an aromatic ring is 1. The first-order valence-electron chi connectivity index (χ1n) is 5.67. The summed E-state index contributed by atoms with van der Waals surface area (Å²) >= 11 is 1.52. The van der Waals surface area contributed by atoms with Crippen molar-refractivity contribution in [2.24, 2.45) is 0 Å². The van der Waals surface area contributed by atoms with Crippen LogP contribution in [0.25, 0.3) is 11.4 Å². The minimum Gasteiger partial charge on any atom is -0.368 e. The Morgan fingerprint density at radius 3 is 2.95 bits per heavy atom. The summed E-state index contributed by atoms with van der Waals surface area (Å²) in [4.78, 5) is 24.7. The molecule has 2 heterocycles. The van der Waals surface area contributed by atoms with Crippen molar-refractivity contribution >= 4 is 29.3 Å². The van der Waals surface area contributed by atoms with Crippen molar-refractivity contribution in [2.45, 2.75) is 11.8 Å². The monoisotopic (exact) mass is 273 g/mol. The minimum atomic E-state index is 0.000918. The van der Waals surface area contributed by atoms with E-state index in [0.717, 1.165) is 16.1 Å². The molecule has 96 valence electrons. The van der Waals surface area contributed by atoms with Gasteiger partial charge in [0, 0.05) is 10.5 Å². The molecule has 1 aliphatic rings. The zero-order valence-electron chi connectivity index (χ0n) is 10.2. The molecule has 1 amide bonds. The number of nitrogens with one attached hydrogen (secondary N) is 1. The Bertz CT molecular complexity index is 653. The molecule has 3 N–H and O–H groups in total. The van der Waals surface area contributed by atoms with Gasteiger partial charge in [-0.1, -0.05) is 0 Å². The number of nitrogens with zero attached hydrogens (tertiary/aromatic N) is 3. The number of aryl methyl sites for hydroxylation is 1. The van der Waals surface area contributed by atoms with Crippen LogP contribution >= 0.6 is 11.8 Å². The highest BCUT2D eigenvalue weighted by atomic mass is 32.2. The Kier molecular flexibility index (Phi) is 2.83. The van der Waals surface area contributed by atoms with Crippen LogP contribution in [0.5, 0.6) is 0 Å². The first-order chi connectivity index (χ1) is 9.11. The number of benzene rings is 1. The predicted molar refractivity (Wildman–Crippen MR) is 73.8 cm³/mol. The number of aromatic nitrogens is 3. The summed E-state index contributed by atoms with van der Waals surface area (Å²) in [6.45, 7) is 1.76. The van der Waals surface area contributed by atoms with Gasteiger partial charge >= 0.3 is 0 Å². The number of carbonyl (C=O) groups excluding carboxylic acids is 1. The van der Waals surface area contributed by atoms with Crippen LogP contribution in [0, 0.1) is 6.92 Å². The van der Waals surface area contributed by atoms with E-state index in [1.807, 2.05) is 18.2 Å². The highest BCUT2D eigenvalue weighted by Gasteiger charge is 2.16. The van der Waals surface area contributed by atoms with Crippen molar-refractivity contribution in [1.82, 2.24) is 15.0 Å². The molecule has 0 spiro atoms. The number of nitrogens with two attached hydrogens (primary N) is 1. The summed E-state index contributed by atoms with van der Waals surface area (Å²) in [5.74, 6) is 1.72. The lowest BCUT2D eigenvalue weighted by Gasteiger charge is -2.16. The molecule has 0 saturated heterocycles. The van der Waals surface area contributed by atoms with E-state index < -0.39 is 0 Å². The Hall–Kier alpha value is -2.15. The van der Waals surface area contributed by atoms with E-state index in [-0.39, 0.29) is 11.9 Å². The van der Waals surface area contributed by atoms with Crippen LogP contribution in [-0.2, 0) is 4.79 Å². The van der Waals surface area contributed by atoms with Crippen LogP contribution in [0.1, 0.15) is 5.82 Å². The first kappa shape index (κ1) is 11.9. The SMILES string of the molecule is Cc1nc(N)nc(-c2ccc3c(c2)NC(=O)CS3)n1. The predicted octanol–water partition coefficient (Wildman–Crippen LogP) is 1.47. The maximum atomic E-state index is 11.4. The number of hydrogen-bond donors (Lipinski definition) is 2. The highest BCUT2D eigenvalue weighted by molar-refractivity contribution is 8.00. The van der Waals surface area contributed by atoms with E-state index in [9.17, 15) is 4.79 Å². The number of fused-ring (bicyclic) bond motifs is 1.